The number of fused-ring (bicyclic) bond motifs is 1. The number of aromatic carboxylic acids is 1. The monoisotopic (exact) mass is 252 g/mol. The zero-order valence-corrected chi connectivity index (χ0v) is 10.4. The fourth-order valence-electron chi connectivity index (χ4n) is 2.06. The first-order valence-electron chi connectivity index (χ1n) is 5.97. The largest absolute Gasteiger partial charge is 0.475 e. The second-order valence-electron chi connectivity index (χ2n) is 4.53. The third kappa shape index (κ3) is 2.10. The predicted octanol–water partition coefficient (Wildman–Crippen LogP) is 4.11. The maximum atomic E-state index is 10.9. The van der Waals surface area contributed by atoms with Gasteiger partial charge in [-0.25, -0.2) is 4.79 Å². The summed E-state index contributed by atoms with van der Waals surface area (Å²) in [6, 6.07) is 15.4. The Labute approximate surface area is 110 Å². The SMILES string of the molecule is Cc1ccc(-c2ccc3cc(C(=O)O)oc3c2)cc1. The second-order valence-corrected chi connectivity index (χ2v) is 4.53. The molecule has 0 aliphatic rings. The van der Waals surface area contributed by atoms with Crippen molar-refractivity contribution in [1.82, 2.24) is 0 Å². The van der Waals surface area contributed by atoms with Gasteiger partial charge in [-0.05, 0) is 30.2 Å². The molecule has 0 amide bonds. The third-order valence-corrected chi connectivity index (χ3v) is 3.12. The Morgan fingerprint density at radius 3 is 2.37 bits per heavy atom. The van der Waals surface area contributed by atoms with Crippen LogP contribution in [0.15, 0.2) is 52.9 Å². The van der Waals surface area contributed by atoms with Gasteiger partial charge in [-0.3, -0.25) is 0 Å². The van der Waals surface area contributed by atoms with Gasteiger partial charge in [-0.2, -0.15) is 0 Å². The number of hydrogen-bond donors (Lipinski definition) is 1. The lowest BCUT2D eigenvalue weighted by Gasteiger charge is -2.01. The Balaban J connectivity index is 2.10. The first-order valence-corrected chi connectivity index (χ1v) is 5.97. The van der Waals surface area contributed by atoms with Crippen molar-refractivity contribution >= 4 is 16.9 Å². The van der Waals surface area contributed by atoms with Crippen molar-refractivity contribution in [2.75, 3.05) is 0 Å². The topological polar surface area (TPSA) is 50.4 Å². The van der Waals surface area contributed by atoms with Gasteiger partial charge in [0.2, 0.25) is 5.76 Å². The van der Waals surface area contributed by atoms with E-state index < -0.39 is 5.97 Å². The van der Waals surface area contributed by atoms with E-state index in [-0.39, 0.29) is 5.76 Å². The molecule has 0 aliphatic heterocycles. The van der Waals surface area contributed by atoms with Gasteiger partial charge in [-0.15, -0.1) is 0 Å². The van der Waals surface area contributed by atoms with Crippen molar-refractivity contribution in [1.29, 1.82) is 0 Å². The smallest absolute Gasteiger partial charge is 0.371 e. The standard InChI is InChI=1S/C16H12O3/c1-10-2-4-11(5-3-10)12-6-7-13-9-15(16(17)18)19-14(13)8-12/h2-9H,1H3,(H,17,18). The van der Waals surface area contributed by atoms with E-state index in [9.17, 15) is 4.79 Å². The molecule has 94 valence electrons. The highest BCUT2D eigenvalue weighted by atomic mass is 16.4. The number of carboxylic acids is 1. The minimum absolute atomic E-state index is 0.0314. The van der Waals surface area contributed by atoms with E-state index >= 15 is 0 Å². The van der Waals surface area contributed by atoms with Crippen molar-refractivity contribution < 1.29 is 14.3 Å². The molecule has 0 aliphatic carbocycles. The van der Waals surface area contributed by atoms with Crippen LogP contribution >= 0.6 is 0 Å². The summed E-state index contributed by atoms with van der Waals surface area (Å²) in [5.41, 5.74) is 3.89. The molecule has 0 unspecified atom stereocenters. The molecule has 2 aromatic carbocycles. The summed E-state index contributed by atoms with van der Waals surface area (Å²) in [5, 5.41) is 9.71. The summed E-state index contributed by atoms with van der Waals surface area (Å²) in [7, 11) is 0. The van der Waals surface area contributed by atoms with Gasteiger partial charge < -0.3 is 9.52 Å². The number of hydrogen-bond acceptors (Lipinski definition) is 2. The number of aryl methyl sites for hydroxylation is 1. The van der Waals surface area contributed by atoms with E-state index in [4.69, 9.17) is 9.52 Å². The molecular formula is C16H12O3. The van der Waals surface area contributed by atoms with Gasteiger partial charge in [0.15, 0.2) is 0 Å². The second kappa shape index (κ2) is 4.28. The lowest BCUT2D eigenvalue weighted by atomic mass is 10.0. The Hall–Kier alpha value is -2.55. The van der Waals surface area contributed by atoms with Crippen LogP contribution in [0.2, 0.25) is 0 Å². The van der Waals surface area contributed by atoms with Crippen molar-refractivity contribution in [3.8, 4) is 11.1 Å². The summed E-state index contributed by atoms with van der Waals surface area (Å²) in [5.74, 6) is -1.08. The van der Waals surface area contributed by atoms with E-state index in [0.29, 0.717) is 5.58 Å². The van der Waals surface area contributed by atoms with Crippen LogP contribution in [-0.2, 0) is 0 Å². The molecule has 0 saturated carbocycles. The molecule has 0 fully saturated rings. The average Bonchev–Trinajstić information content (AvgIpc) is 2.82. The van der Waals surface area contributed by atoms with Crippen LogP contribution < -0.4 is 0 Å². The Bertz CT molecular complexity index is 751. The minimum Gasteiger partial charge on any atom is -0.475 e. The van der Waals surface area contributed by atoms with Gasteiger partial charge >= 0.3 is 5.97 Å². The molecule has 3 rings (SSSR count). The van der Waals surface area contributed by atoms with E-state index in [1.807, 2.05) is 49.4 Å². The highest BCUT2D eigenvalue weighted by Gasteiger charge is 2.10. The molecule has 0 bridgehead atoms. The van der Waals surface area contributed by atoms with Gasteiger partial charge in [0.1, 0.15) is 5.58 Å². The van der Waals surface area contributed by atoms with Gasteiger partial charge in [0.25, 0.3) is 0 Å². The van der Waals surface area contributed by atoms with Crippen LogP contribution in [0, 0.1) is 6.92 Å². The van der Waals surface area contributed by atoms with Crippen LogP contribution in [0.4, 0.5) is 0 Å². The minimum atomic E-state index is -1.05. The normalized spacial score (nSPS) is 10.8. The fraction of sp³-hybridized carbons (Fsp3) is 0.0625. The maximum absolute atomic E-state index is 10.9. The molecular weight excluding hydrogens is 240 g/mol. The van der Waals surface area contributed by atoms with E-state index in [1.54, 1.807) is 0 Å². The molecule has 3 heteroatoms. The Morgan fingerprint density at radius 1 is 1.00 bits per heavy atom. The van der Waals surface area contributed by atoms with Crippen LogP contribution in [0.1, 0.15) is 16.1 Å². The van der Waals surface area contributed by atoms with Crippen LogP contribution in [0.3, 0.4) is 0 Å². The molecule has 0 radical (unpaired) electrons. The quantitative estimate of drug-likeness (QED) is 0.746. The molecule has 1 aromatic heterocycles. The van der Waals surface area contributed by atoms with E-state index in [1.165, 1.54) is 11.6 Å². The van der Waals surface area contributed by atoms with Crippen molar-refractivity contribution in [2.24, 2.45) is 0 Å². The predicted molar refractivity (Wildman–Crippen MR) is 73.3 cm³/mol. The molecule has 0 spiro atoms. The van der Waals surface area contributed by atoms with Crippen LogP contribution in [0.25, 0.3) is 22.1 Å². The molecule has 0 saturated heterocycles. The number of carbonyl (C=O) groups is 1. The Morgan fingerprint density at radius 2 is 1.68 bits per heavy atom. The molecule has 1 N–H and O–H groups in total. The zero-order valence-electron chi connectivity index (χ0n) is 10.4. The highest BCUT2D eigenvalue weighted by Crippen LogP contribution is 2.26. The lowest BCUT2D eigenvalue weighted by molar-refractivity contribution is 0.0665. The number of carboxylic acid groups (broad SMARTS) is 1. The van der Waals surface area contributed by atoms with Crippen molar-refractivity contribution in [3.63, 3.8) is 0 Å². The van der Waals surface area contributed by atoms with E-state index in [0.717, 1.165) is 16.5 Å². The Kier molecular flexibility index (Phi) is 2.60. The summed E-state index contributed by atoms with van der Waals surface area (Å²) in [6.07, 6.45) is 0. The third-order valence-electron chi connectivity index (χ3n) is 3.12. The van der Waals surface area contributed by atoms with Gasteiger partial charge in [-0.1, -0.05) is 42.0 Å². The fourth-order valence-corrected chi connectivity index (χ4v) is 2.06. The summed E-state index contributed by atoms with van der Waals surface area (Å²) >= 11 is 0. The maximum Gasteiger partial charge on any atom is 0.371 e. The van der Waals surface area contributed by atoms with Gasteiger partial charge in [0.05, 0.1) is 0 Å². The number of furan rings is 1. The number of benzene rings is 2. The average molecular weight is 252 g/mol. The van der Waals surface area contributed by atoms with E-state index in [2.05, 4.69) is 0 Å². The first kappa shape index (κ1) is 11.5. The summed E-state index contributed by atoms with van der Waals surface area (Å²) < 4.78 is 5.32. The molecule has 1 heterocycles. The highest BCUT2D eigenvalue weighted by molar-refractivity contribution is 5.92. The first-order chi connectivity index (χ1) is 9.13. The van der Waals surface area contributed by atoms with Crippen LogP contribution in [-0.4, -0.2) is 11.1 Å². The van der Waals surface area contributed by atoms with Crippen LogP contribution in [0.5, 0.6) is 0 Å². The molecule has 3 nitrogen and oxygen atoms in total. The molecule has 0 atom stereocenters. The lowest BCUT2D eigenvalue weighted by Crippen LogP contribution is -1.91. The molecule has 3 aromatic rings. The molecule has 19 heavy (non-hydrogen) atoms. The van der Waals surface area contributed by atoms with Gasteiger partial charge in [0, 0.05) is 5.39 Å². The zero-order chi connectivity index (χ0) is 13.4. The number of rotatable bonds is 2. The van der Waals surface area contributed by atoms with Crippen molar-refractivity contribution in [3.05, 3.63) is 59.9 Å². The summed E-state index contributed by atoms with van der Waals surface area (Å²) in [6.45, 7) is 2.04. The van der Waals surface area contributed by atoms with Crippen molar-refractivity contribution in [2.45, 2.75) is 6.92 Å². The summed E-state index contributed by atoms with van der Waals surface area (Å²) in [4.78, 5) is 10.9.